The average Bonchev–Trinajstić information content (AvgIpc) is 2.43. The highest BCUT2D eigenvalue weighted by molar-refractivity contribution is 7.99. The molecule has 3 N–H and O–H groups in total. The fourth-order valence-corrected chi connectivity index (χ4v) is 4.35. The summed E-state index contributed by atoms with van der Waals surface area (Å²) in [6.45, 7) is 3.76. The van der Waals surface area contributed by atoms with Gasteiger partial charge in [-0.1, -0.05) is 23.4 Å². The molecule has 23 heavy (non-hydrogen) atoms. The van der Waals surface area contributed by atoms with Gasteiger partial charge in [-0.25, -0.2) is 23.5 Å². The maximum Gasteiger partial charge on any atom is 0.239 e. The number of nitrogens with two attached hydrogens (primary N) is 1. The highest BCUT2D eigenvalue weighted by Crippen LogP contribution is 2.31. The van der Waals surface area contributed by atoms with Gasteiger partial charge in [0.2, 0.25) is 10.0 Å². The van der Waals surface area contributed by atoms with E-state index in [1.807, 2.05) is 19.9 Å². The summed E-state index contributed by atoms with van der Waals surface area (Å²) in [5, 5.41) is 16.2. The second-order valence-electron chi connectivity index (χ2n) is 5.29. The van der Waals surface area contributed by atoms with Crippen LogP contribution in [0.3, 0.4) is 0 Å². The minimum atomic E-state index is -3.89. The average molecular weight is 376 g/mol. The largest absolute Gasteiger partial charge is 0.388 e. The Balaban J connectivity index is 2.10. The molecule has 1 aromatic heterocycles. The first-order valence-electron chi connectivity index (χ1n) is 6.92. The molecule has 0 spiro atoms. The quantitative estimate of drug-likeness (QED) is 0.602. The van der Waals surface area contributed by atoms with Gasteiger partial charge >= 0.3 is 0 Å². The number of primary sulfonamides is 1. The standard InChI is InChI=1S/C14H18ClN3O3S2/c1-8-5-9(2)18-14(17-8)22-7-12(19)10-3-4-11(15)13(6-10)23(16,20)21/h5-6,12,19H,3-4,7H2,1-2H3,(H2,16,20,21). The summed E-state index contributed by atoms with van der Waals surface area (Å²) < 4.78 is 23.0. The Morgan fingerprint density at radius 2 is 1.96 bits per heavy atom. The number of aryl methyl sites for hydroxylation is 2. The van der Waals surface area contributed by atoms with Gasteiger partial charge in [-0.2, -0.15) is 0 Å². The second-order valence-corrected chi connectivity index (χ2v) is 8.27. The molecule has 0 radical (unpaired) electrons. The minimum absolute atomic E-state index is 0.118. The van der Waals surface area contributed by atoms with Crippen LogP contribution in [0.5, 0.6) is 0 Å². The van der Waals surface area contributed by atoms with Crippen LogP contribution in [0.15, 0.2) is 32.8 Å². The summed E-state index contributed by atoms with van der Waals surface area (Å²) in [5.74, 6) is 0.324. The molecule has 1 aromatic rings. The zero-order chi connectivity index (χ0) is 17.2. The first kappa shape index (κ1) is 18.4. The van der Waals surface area contributed by atoms with Crippen LogP contribution in [0, 0.1) is 13.8 Å². The van der Waals surface area contributed by atoms with E-state index in [-0.39, 0.29) is 9.94 Å². The summed E-state index contributed by atoms with van der Waals surface area (Å²) >= 11 is 7.23. The van der Waals surface area contributed by atoms with Gasteiger partial charge < -0.3 is 5.11 Å². The predicted molar refractivity (Wildman–Crippen MR) is 91.5 cm³/mol. The molecule has 1 aliphatic rings. The molecule has 0 aromatic carbocycles. The third kappa shape index (κ3) is 5.02. The number of rotatable bonds is 5. The molecule has 2 rings (SSSR count). The molecule has 0 saturated heterocycles. The number of hydrogen-bond acceptors (Lipinski definition) is 6. The van der Waals surface area contributed by atoms with Crippen molar-refractivity contribution in [3.05, 3.63) is 39.0 Å². The number of halogens is 1. The molecule has 6 nitrogen and oxygen atoms in total. The lowest BCUT2D eigenvalue weighted by Gasteiger charge is -2.19. The van der Waals surface area contributed by atoms with Crippen molar-refractivity contribution in [3.63, 3.8) is 0 Å². The zero-order valence-corrected chi connectivity index (χ0v) is 15.2. The maximum absolute atomic E-state index is 11.5. The van der Waals surface area contributed by atoms with Crippen molar-refractivity contribution >= 4 is 33.4 Å². The summed E-state index contributed by atoms with van der Waals surface area (Å²) in [5.41, 5.74) is 2.31. The van der Waals surface area contributed by atoms with E-state index in [0.29, 0.717) is 29.3 Å². The Morgan fingerprint density at radius 3 is 2.52 bits per heavy atom. The number of allylic oxidation sites excluding steroid dienone is 2. The van der Waals surface area contributed by atoms with Crippen molar-refractivity contribution in [2.45, 2.75) is 37.9 Å². The van der Waals surface area contributed by atoms with Gasteiger partial charge in [-0.3, -0.25) is 0 Å². The van der Waals surface area contributed by atoms with Crippen molar-refractivity contribution in [3.8, 4) is 0 Å². The van der Waals surface area contributed by atoms with Gasteiger partial charge in [-0.15, -0.1) is 0 Å². The SMILES string of the molecule is Cc1cc(C)nc(SCC(O)C2=CC(S(N)(=O)=O)=C(Cl)CC2)n1. The smallest absolute Gasteiger partial charge is 0.239 e. The van der Waals surface area contributed by atoms with Crippen molar-refractivity contribution < 1.29 is 13.5 Å². The Hall–Kier alpha value is -0.930. The molecule has 0 aliphatic heterocycles. The van der Waals surface area contributed by atoms with Crippen LogP contribution < -0.4 is 5.14 Å². The molecule has 126 valence electrons. The topological polar surface area (TPSA) is 106 Å². The fourth-order valence-electron chi connectivity index (χ4n) is 2.21. The van der Waals surface area contributed by atoms with Gasteiger partial charge in [0.1, 0.15) is 0 Å². The van der Waals surface area contributed by atoms with E-state index in [2.05, 4.69) is 9.97 Å². The number of sulfonamides is 1. The highest BCUT2D eigenvalue weighted by atomic mass is 35.5. The highest BCUT2D eigenvalue weighted by Gasteiger charge is 2.23. The number of aliphatic hydroxyl groups is 1. The Morgan fingerprint density at radius 1 is 1.35 bits per heavy atom. The Bertz CT molecular complexity index is 755. The predicted octanol–water partition coefficient (Wildman–Crippen LogP) is 2.01. The van der Waals surface area contributed by atoms with E-state index >= 15 is 0 Å². The second kappa shape index (κ2) is 7.31. The zero-order valence-electron chi connectivity index (χ0n) is 12.8. The normalized spacial score (nSPS) is 17.2. The van der Waals surface area contributed by atoms with E-state index in [1.54, 1.807) is 0 Å². The van der Waals surface area contributed by atoms with Crippen molar-refractivity contribution in [1.29, 1.82) is 0 Å². The van der Waals surface area contributed by atoms with Crippen LogP contribution in [0.1, 0.15) is 24.2 Å². The molecule has 0 amide bonds. The van der Waals surface area contributed by atoms with Crippen LogP contribution >= 0.6 is 23.4 Å². The third-order valence-corrected chi connectivity index (χ3v) is 5.69. The van der Waals surface area contributed by atoms with E-state index < -0.39 is 16.1 Å². The van der Waals surface area contributed by atoms with Gasteiger partial charge in [0.25, 0.3) is 0 Å². The lowest BCUT2D eigenvalue weighted by Crippen LogP contribution is -2.21. The minimum Gasteiger partial charge on any atom is -0.388 e. The number of hydrogen-bond donors (Lipinski definition) is 2. The molecule has 0 fully saturated rings. The number of thioether (sulfide) groups is 1. The van der Waals surface area contributed by atoms with Gasteiger partial charge in [0, 0.05) is 22.2 Å². The first-order valence-corrected chi connectivity index (χ1v) is 9.83. The van der Waals surface area contributed by atoms with Crippen molar-refractivity contribution in [1.82, 2.24) is 9.97 Å². The van der Waals surface area contributed by atoms with Crippen LogP contribution in [-0.4, -0.2) is 35.3 Å². The molecular formula is C14H18ClN3O3S2. The lowest BCUT2D eigenvalue weighted by molar-refractivity contribution is 0.231. The van der Waals surface area contributed by atoms with Crippen LogP contribution in [0.2, 0.25) is 0 Å². The lowest BCUT2D eigenvalue weighted by atomic mass is 10.0. The summed E-state index contributed by atoms with van der Waals surface area (Å²) in [6, 6.07) is 1.87. The van der Waals surface area contributed by atoms with Gasteiger partial charge in [-0.05, 0) is 44.4 Å². The Labute approximate surface area is 144 Å². The molecule has 1 heterocycles. The fraction of sp³-hybridized carbons (Fsp3) is 0.429. The number of aromatic nitrogens is 2. The molecule has 1 unspecified atom stereocenters. The summed E-state index contributed by atoms with van der Waals surface area (Å²) in [4.78, 5) is 8.47. The first-order chi connectivity index (χ1) is 10.7. The van der Waals surface area contributed by atoms with Crippen molar-refractivity contribution in [2.75, 3.05) is 5.75 Å². The molecular weight excluding hydrogens is 358 g/mol. The molecule has 0 saturated carbocycles. The van der Waals surface area contributed by atoms with Gasteiger partial charge in [0.15, 0.2) is 5.16 Å². The molecule has 1 aliphatic carbocycles. The van der Waals surface area contributed by atoms with Crippen LogP contribution in [0.4, 0.5) is 0 Å². The molecule has 1 atom stereocenters. The monoisotopic (exact) mass is 375 g/mol. The van der Waals surface area contributed by atoms with E-state index in [0.717, 1.165) is 11.4 Å². The van der Waals surface area contributed by atoms with E-state index in [1.165, 1.54) is 17.8 Å². The van der Waals surface area contributed by atoms with E-state index in [9.17, 15) is 13.5 Å². The van der Waals surface area contributed by atoms with E-state index in [4.69, 9.17) is 16.7 Å². The van der Waals surface area contributed by atoms with Crippen molar-refractivity contribution in [2.24, 2.45) is 5.14 Å². The molecule has 9 heteroatoms. The summed E-state index contributed by atoms with van der Waals surface area (Å²) in [7, 11) is -3.89. The van der Waals surface area contributed by atoms with Crippen LogP contribution in [-0.2, 0) is 10.0 Å². The van der Waals surface area contributed by atoms with Crippen LogP contribution in [0.25, 0.3) is 0 Å². The number of aliphatic hydroxyl groups excluding tert-OH is 1. The summed E-state index contributed by atoms with van der Waals surface area (Å²) in [6.07, 6.45) is 1.40. The maximum atomic E-state index is 11.5. The third-order valence-electron chi connectivity index (χ3n) is 3.28. The Kier molecular flexibility index (Phi) is 5.85. The number of nitrogens with zero attached hydrogens (tertiary/aromatic N) is 2. The molecule has 0 bridgehead atoms. The van der Waals surface area contributed by atoms with Gasteiger partial charge in [0.05, 0.1) is 11.0 Å².